The van der Waals surface area contributed by atoms with Crippen molar-refractivity contribution in [3.05, 3.63) is 40.5 Å². The quantitative estimate of drug-likeness (QED) is 0.166. The molecule has 8 nitrogen and oxygen atoms in total. The standard InChI is InChI=1S/C25H30N4O4S/c1-13(2)18-12-22-20(10-15(18)4)26-25(31-22)28-27-21-11-19-14(3)9-16(5)29-8-6-7-17(23(19)29)24(21)34-33-32-30/h10-14,16,30H,6-9H2,1-5H3. The lowest BCUT2D eigenvalue weighted by Crippen LogP contribution is -2.42. The second-order valence-electron chi connectivity index (χ2n) is 9.68. The minimum atomic E-state index is 0.209. The van der Waals surface area contributed by atoms with Crippen molar-refractivity contribution in [3.8, 4) is 0 Å². The molecular weight excluding hydrogens is 452 g/mol. The zero-order chi connectivity index (χ0) is 24.0. The van der Waals surface area contributed by atoms with Crippen molar-refractivity contribution < 1.29 is 19.0 Å². The van der Waals surface area contributed by atoms with Gasteiger partial charge in [0.15, 0.2) is 5.58 Å². The van der Waals surface area contributed by atoms with Gasteiger partial charge in [0.05, 0.1) is 16.9 Å². The highest BCUT2D eigenvalue weighted by molar-refractivity contribution is 7.94. The first-order valence-electron chi connectivity index (χ1n) is 11.8. The lowest BCUT2D eigenvalue weighted by molar-refractivity contribution is -0.432. The summed E-state index contributed by atoms with van der Waals surface area (Å²) >= 11 is 0.953. The third-order valence-corrected chi connectivity index (χ3v) is 7.76. The maximum absolute atomic E-state index is 8.81. The Balaban J connectivity index is 1.58. The summed E-state index contributed by atoms with van der Waals surface area (Å²) < 4.78 is 10.8. The lowest BCUT2D eigenvalue weighted by Gasteiger charge is -2.44. The van der Waals surface area contributed by atoms with E-state index in [1.807, 2.05) is 12.1 Å². The number of hydrogen-bond acceptors (Lipinski definition) is 9. The van der Waals surface area contributed by atoms with E-state index in [0.29, 0.717) is 29.1 Å². The molecule has 2 aliphatic heterocycles. The largest absolute Gasteiger partial charge is 0.421 e. The Labute approximate surface area is 203 Å². The number of benzene rings is 2. The van der Waals surface area contributed by atoms with E-state index in [1.54, 1.807) is 0 Å². The molecule has 3 aromatic rings. The second kappa shape index (κ2) is 9.30. The Morgan fingerprint density at radius 2 is 2.06 bits per heavy atom. The van der Waals surface area contributed by atoms with Crippen molar-refractivity contribution in [3.63, 3.8) is 0 Å². The summed E-state index contributed by atoms with van der Waals surface area (Å²) in [7, 11) is 0. The normalized spacial score (nSPS) is 20.0. The first-order chi connectivity index (χ1) is 16.4. The topological polar surface area (TPSA) is 92.7 Å². The second-order valence-corrected chi connectivity index (χ2v) is 10.4. The van der Waals surface area contributed by atoms with Crippen LogP contribution in [0.15, 0.2) is 37.7 Å². The van der Waals surface area contributed by atoms with Crippen LogP contribution in [-0.2, 0) is 15.8 Å². The van der Waals surface area contributed by atoms with Crippen LogP contribution in [0.4, 0.5) is 17.4 Å². The molecule has 0 fully saturated rings. The van der Waals surface area contributed by atoms with E-state index in [4.69, 9.17) is 14.0 Å². The molecule has 9 heteroatoms. The molecular formula is C25H30N4O4S. The maximum Gasteiger partial charge on any atom is 0.341 e. The van der Waals surface area contributed by atoms with E-state index in [2.05, 4.69) is 65.8 Å². The minimum Gasteiger partial charge on any atom is -0.421 e. The van der Waals surface area contributed by atoms with Gasteiger partial charge in [-0.05, 0) is 85.4 Å². The van der Waals surface area contributed by atoms with Gasteiger partial charge in [-0.15, -0.1) is 9.45 Å². The number of hydrogen-bond donors (Lipinski definition) is 1. The van der Waals surface area contributed by atoms with Crippen molar-refractivity contribution in [1.29, 1.82) is 0 Å². The molecule has 0 radical (unpaired) electrons. The monoisotopic (exact) mass is 482 g/mol. The summed E-state index contributed by atoms with van der Waals surface area (Å²) in [4.78, 5) is 7.79. The summed E-state index contributed by atoms with van der Waals surface area (Å²) in [6.45, 7) is 12.0. The minimum absolute atomic E-state index is 0.209. The Morgan fingerprint density at radius 1 is 1.24 bits per heavy atom. The van der Waals surface area contributed by atoms with Crippen LogP contribution in [0, 0.1) is 6.92 Å². The van der Waals surface area contributed by atoms with Crippen LogP contribution in [0.2, 0.25) is 0 Å². The molecule has 180 valence electrons. The Morgan fingerprint density at radius 3 is 2.82 bits per heavy atom. The molecule has 2 atom stereocenters. The summed E-state index contributed by atoms with van der Waals surface area (Å²) in [6.07, 6.45) is 3.04. The first-order valence-corrected chi connectivity index (χ1v) is 12.6. The Kier molecular flexibility index (Phi) is 6.37. The van der Waals surface area contributed by atoms with Gasteiger partial charge in [0.25, 0.3) is 0 Å². The van der Waals surface area contributed by atoms with Gasteiger partial charge in [-0.25, -0.2) is 5.26 Å². The zero-order valence-electron chi connectivity index (χ0n) is 20.2. The fourth-order valence-electron chi connectivity index (χ4n) is 5.47. The number of nitrogens with zero attached hydrogens (tertiary/aromatic N) is 4. The highest BCUT2D eigenvalue weighted by Gasteiger charge is 2.34. The van der Waals surface area contributed by atoms with E-state index in [1.165, 1.54) is 22.4 Å². The number of anilines is 1. The highest BCUT2D eigenvalue weighted by Crippen LogP contribution is 2.50. The Hall–Kier alpha value is -2.46. The fraction of sp³-hybridized carbons (Fsp3) is 0.480. The number of aryl methyl sites for hydroxylation is 1. The predicted octanol–water partition coefficient (Wildman–Crippen LogP) is 7.75. The van der Waals surface area contributed by atoms with E-state index in [9.17, 15) is 0 Å². The van der Waals surface area contributed by atoms with Crippen LogP contribution in [0.25, 0.3) is 11.1 Å². The van der Waals surface area contributed by atoms with Crippen molar-refractivity contribution in [2.24, 2.45) is 10.2 Å². The van der Waals surface area contributed by atoms with E-state index in [0.717, 1.165) is 53.8 Å². The van der Waals surface area contributed by atoms with Crippen molar-refractivity contribution >= 4 is 40.5 Å². The average Bonchev–Trinajstić information content (AvgIpc) is 3.20. The van der Waals surface area contributed by atoms with Gasteiger partial charge in [0.1, 0.15) is 11.2 Å². The maximum atomic E-state index is 8.81. The van der Waals surface area contributed by atoms with Crippen LogP contribution in [0.5, 0.6) is 0 Å². The molecule has 1 N–H and O–H groups in total. The van der Waals surface area contributed by atoms with Crippen LogP contribution >= 0.6 is 12.0 Å². The number of aromatic nitrogens is 1. The Bertz CT molecular complexity index is 1260. The number of rotatable bonds is 6. The van der Waals surface area contributed by atoms with Gasteiger partial charge in [-0.3, -0.25) is 0 Å². The van der Waals surface area contributed by atoms with Crippen molar-refractivity contribution in [2.45, 2.75) is 76.7 Å². The molecule has 0 amide bonds. The van der Waals surface area contributed by atoms with E-state index in [-0.39, 0.29) is 6.01 Å². The van der Waals surface area contributed by atoms with E-state index < -0.39 is 0 Å². The smallest absolute Gasteiger partial charge is 0.341 e. The SMILES string of the molecule is Cc1cc2nc(N=Nc3cc4c5c(c3SOOO)CCCN5C(C)CC4C)oc2cc1C(C)C. The molecule has 0 aliphatic carbocycles. The van der Waals surface area contributed by atoms with Crippen molar-refractivity contribution in [1.82, 2.24) is 4.98 Å². The first kappa shape index (κ1) is 23.3. The summed E-state index contributed by atoms with van der Waals surface area (Å²) in [5.41, 5.74) is 8.22. The predicted molar refractivity (Wildman–Crippen MR) is 132 cm³/mol. The van der Waals surface area contributed by atoms with Gasteiger partial charge >= 0.3 is 6.01 Å². The summed E-state index contributed by atoms with van der Waals surface area (Å²) in [5, 5.41) is 21.6. The van der Waals surface area contributed by atoms with Crippen LogP contribution in [0.3, 0.4) is 0 Å². The molecule has 34 heavy (non-hydrogen) atoms. The highest BCUT2D eigenvalue weighted by atomic mass is 32.2. The number of azo groups is 1. The third kappa shape index (κ3) is 4.11. The van der Waals surface area contributed by atoms with Gasteiger partial charge in [0.2, 0.25) is 0 Å². The van der Waals surface area contributed by atoms with Gasteiger partial charge in [0, 0.05) is 18.3 Å². The van der Waals surface area contributed by atoms with Crippen molar-refractivity contribution in [2.75, 3.05) is 11.4 Å². The average molecular weight is 483 g/mol. The molecule has 0 saturated heterocycles. The molecule has 0 spiro atoms. The molecule has 2 aromatic carbocycles. The zero-order valence-corrected chi connectivity index (χ0v) is 21.0. The molecule has 3 heterocycles. The molecule has 2 aliphatic rings. The summed E-state index contributed by atoms with van der Waals surface area (Å²) in [5.74, 6) is 0.799. The van der Waals surface area contributed by atoms with Crippen LogP contribution in [0.1, 0.15) is 74.6 Å². The van der Waals surface area contributed by atoms with E-state index >= 15 is 0 Å². The van der Waals surface area contributed by atoms with Gasteiger partial charge in [-0.2, -0.15) is 4.98 Å². The van der Waals surface area contributed by atoms with Crippen LogP contribution < -0.4 is 4.90 Å². The molecule has 1 aromatic heterocycles. The molecule has 5 rings (SSSR count). The third-order valence-electron chi connectivity index (χ3n) is 7.01. The summed E-state index contributed by atoms with van der Waals surface area (Å²) in [6, 6.07) is 6.82. The molecule has 0 bridgehead atoms. The fourth-order valence-corrected chi connectivity index (χ4v) is 6.05. The molecule has 2 unspecified atom stereocenters. The molecule has 0 saturated carbocycles. The number of fused-ring (bicyclic) bond motifs is 1. The van der Waals surface area contributed by atoms with Crippen LogP contribution in [-0.4, -0.2) is 22.8 Å². The van der Waals surface area contributed by atoms with Gasteiger partial charge in [-0.1, -0.05) is 30.9 Å². The van der Waals surface area contributed by atoms with Gasteiger partial charge < -0.3 is 9.32 Å². The number of oxazole rings is 1. The lowest BCUT2D eigenvalue weighted by atomic mass is 9.82.